The van der Waals surface area contributed by atoms with Gasteiger partial charge >= 0.3 is 22.3 Å². The zero-order valence-corrected chi connectivity index (χ0v) is 13.5. The van der Waals surface area contributed by atoms with E-state index in [1.165, 1.54) is 0 Å². The van der Waals surface area contributed by atoms with Gasteiger partial charge in [0.15, 0.2) is 0 Å². The van der Waals surface area contributed by atoms with Crippen LogP contribution in [0.15, 0.2) is 30.3 Å². The molecule has 0 spiro atoms. The van der Waals surface area contributed by atoms with Gasteiger partial charge in [0.25, 0.3) is 5.91 Å². The fraction of sp³-hybridized carbons (Fsp3) is 0.308. The largest absolute Gasteiger partial charge is 0.445 e. The highest BCUT2D eigenvalue weighted by Gasteiger charge is 2.43. The Labute approximate surface area is 138 Å². The summed E-state index contributed by atoms with van der Waals surface area (Å²) < 4.78 is 30.8. The Morgan fingerprint density at radius 3 is 2.54 bits per heavy atom. The SMILES string of the molecule is CNS(=O)(=O)NC(=O)N1C[C@H](NC(=O)OCc2ccccc2)C1=O. The number of amides is 4. The monoisotopic (exact) mass is 356 g/mol. The Balaban J connectivity index is 1.77. The molecule has 1 saturated heterocycles. The molecule has 1 fully saturated rings. The Hall–Kier alpha value is -2.66. The second kappa shape index (κ2) is 7.27. The molecule has 1 atom stereocenters. The number of hydrogen-bond acceptors (Lipinski definition) is 6. The van der Waals surface area contributed by atoms with E-state index >= 15 is 0 Å². The lowest BCUT2D eigenvalue weighted by atomic mass is 10.1. The zero-order chi connectivity index (χ0) is 17.7. The molecule has 0 unspecified atom stereocenters. The lowest BCUT2D eigenvalue weighted by molar-refractivity contribution is -0.139. The van der Waals surface area contributed by atoms with Gasteiger partial charge < -0.3 is 10.1 Å². The van der Waals surface area contributed by atoms with E-state index in [9.17, 15) is 22.8 Å². The molecule has 11 heteroatoms. The summed E-state index contributed by atoms with van der Waals surface area (Å²) >= 11 is 0. The molecular weight excluding hydrogens is 340 g/mol. The first-order valence-electron chi connectivity index (χ1n) is 6.86. The Morgan fingerprint density at radius 2 is 1.96 bits per heavy atom. The highest BCUT2D eigenvalue weighted by molar-refractivity contribution is 7.88. The number of hydrogen-bond donors (Lipinski definition) is 3. The lowest BCUT2D eigenvalue weighted by Crippen LogP contribution is -2.67. The highest BCUT2D eigenvalue weighted by atomic mass is 32.2. The number of β-lactam (4-membered cyclic amide) rings is 1. The number of carbonyl (C=O) groups is 3. The maximum Gasteiger partial charge on any atom is 0.408 e. The van der Waals surface area contributed by atoms with Crippen molar-refractivity contribution in [3.8, 4) is 0 Å². The van der Waals surface area contributed by atoms with Crippen LogP contribution in [0, 0.1) is 0 Å². The number of imide groups is 1. The minimum atomic E-state index is -4.00. The van der Waals surface area contributed by atoms with E-state index in [0.29, 0.717) is 4.90 Å². The van der Waals surface area contributed by atoms with Gasteiger partial charge in [-0.05, 0) is 5.56 Å². The summed E-state index contributed by atoms with van der Waals surface area (Å²) in [6, 6.07) is 6.93. The van der Waals surface area contributed by atoms with Gasteiger partial charge in [0, 0.05) is 7.05 Å². The van der Waals surface area contributed by atoms with Crippen molar-refractivity contribution in [3.05, 3.63) is 35.9 Å². The second-order valence-electron chi connectivity index (χ2n) is 4.82. The van der Waals surface area contributed by atoms with E-state index in [0.717, 1.165) is 12.6 Å². The van der Waals surface area contributed by atoms with Crippen LogP contribution in [0.1, 0.15) is 5.56 Å². The van der Waals surface area contributed by atoms with Crippen LogP contribution in [0.3, 0.4) is 0 Å². The number of benzene rings is 1. The number of carbonyl (C=O) groups excluding carboxylic acids is 3. The third-order valence-electron chi connectivity index (χ3n) is 3.17. The van der Waals surface area contributed by atoms with Crippen LogP contribution < -0.4 is 14.8 Å². The van der Waals surface area contributed by atoms with Gasteiger partial charge in [0.2, 0.25) is 0 Å². The number of alkyl carbamates (subject to hydrolysis) is 1. The summed E-state index contributed by atoms with van der Waals surface area (Å²) in [4.78, 5) is 35.6. The quantitative estimate of drug-likeness (QED) is 0.597. The van der Waals surface area contributed by atoms with Gasteiger partial charge in [-0.25, -0.2) is 19.0 Å². The molecular formula is C13H16N4O6S. The number of rotatable bonds is 5. The van der Waals surface area contributed by atoms with Gasteiger partial charge in [0.05, 0.1) is 6.54 Å². The molecule has 1 heterocycles. The predicted octanol–water partition coefficient (Wildman–Crippen LogP) is -0.703. The number of urea groups is 1. The fourth-order valence-corrected chi connectivity index (χ4v) is 2.29. The summed E-state index contributed by atoms with van der Waals surface area (Å²) in [5.41, 5.74) is 0.783. The molecule has 0 aliphatic carbocycles. The summed E-state index contributed by atoms with van der Waals surface area (Å²) in [6.45, 7) is -0.109. The molecule has 2 rings (SSSR count). The second-order valence-corrected chi connectivity index (χ2v) is 6.44. The Morgan fingerprint density at radius 1 is 1.29 bits per heavy atom. The highest BCUT2D eigenvalue weighted by Crippen LogP contribution is 2.11. The molecule has 130 valence electrons. The fourth-order valence-electron chi connectivity index (χ4n) is 1.84. The molecule has 1 aliphatic heterocycles. The maximum atomic E-state index is 11.8. The van der Waals surface area contributed by atoms with Crippen LogP contribution in [0.4, 0.5) is 9.59 Å². The molecule has 0 radical (unpaired) electrons. The molecule has 1 aromatic rings. The molecule has 0 aromatic heterocycles. The minimum Gasteiger partial charge on any atom is -0.445 e. The first-order valence-corrected chi connectivity index (χ1v) is 8.34. The minimum absolute atomic E-state index is 0.0399. The van der Waals surface area contributed by atoms with E-state index in [1.807, 2.05) is 10.8 Å². The van der Waals surface area contributed by atoms with Gasteiger partial charge in [-0.2, -0.15) is 8.42 Å². The van der Waals surface area contributed by atoms with Crippen molar-refractivity contribution >= 4 is 28.2 Å². The molecule has 3 N–H and O–H groups in total. The molecule has 1 aliphatic rings. The van der Waals surface area contributed by atoms with Crippen molar-refractivity contribution in [2.24, 2.45) is 0 Å². The van der Waals surface area contributed by atoms with Crippen molar-refractivity contribution in [2.75, 3.05) is 13.6 Å². The van der Waals surface area contributed by atoms with Crippen molar-refractivity contribution in [1.82, 2.24) is 19.7 Å². The van der Waals surface area contributed by atoms with Crippen LogP contribution in [-0.4, -0.2) is 51.0 Å². The van der Waals surface area contributed by atoms with E-state index in [2.05, 4.69) is 5.32 Å². The normalized spacial score (nSPS) is 17.0. The van der Waals surface area contributed by atoms with Gasteiger partial charge in [0.1, 0.15) is 12.6 Å². The first-order chi connectivity index (χ1) is 11.3. The average Bonchev–Trinajstić information content (AvgIpc) is 2.56. The third-order valence-corrected chi connectivity index (χ3v) is 4.15. The van der Waals surface area contributed by atoms with Gasteiger partial charge in [-0.15, -0.1) is 0 Å². The maximum absolute atomic E-state index is 11.8. The predicted molar refractivity (Wildman–Crippen MR) is 81.8 cm³/mol. The summed E-state index contributed by atoms with van der Waals surface area (Å²) in [5.74, 6) is -0.726. The summed E-state index contributed by atoms with van der Waals surface area (Å²) in [6.07, 6.45) is -0.805. The molecule has 4 amide bonds. The van der Waals surface area contributed by atoms with Crippen LogP contribution in [0.2, 0.25) is 0 Å². The lowest BCUT2D eigenvalue weighted by Gasteiger charge is -2.36. The first kappa shape index (κ1) is 17.7. The van der Waals surface area contributed by atoms with Crippen molar-refractivity contribution in [3.63, 3.8) is 0 Å². The third kappa shape index (κ3) is 4.43. The summed E-state index contributed by atoms with van der Waals surface area (Å²) in [5, 5.41) is 2.30. The number of ether oxygens (including phenoxy) is 1. The zero-order valence-electron chi connectivity index (χ0n) is 12.7. The van der Waals surface area contributed by atoms with E-state index in [-0.39, 0.29) is 13.2 Å². The average molecular weight is 356 g/mol. The molecule has 10 nitrogen and oxygen atoms in total. The van der Waals surface area contributed by atoms with E-state index in [1.54, 1.807) is 29.0 Å². The van der Waals surface area contributed by atoms with Crippen LogP contribution in [0.5, 0.6) is 0 Å². The number of nitrogens with zero attached hydrogens (tertiary/aromatic N) is 1. The van der Waals surface area contributed by atoms with Crippen molar-refractivity contribution < 1.29 is 27.5 Å². The topological polar surface area (TPSA) is 134 Å². The number of likely N-dealkylation sites (tertiary alicyclic amines) is 1. The van der Waals surface area contributed by atoms with Crippen LogP contribution in [0.25, 0.3) is 0 Å². The van der Waals surface area contributed by atoms with E-state index in [4.69, 9.17) is 4.74 Å². The van der Waals surface area contributed by atoms with Crippen LogP contribution >= 0.6 is 0 Å². The standard InChI is InChI=1S/C13H16N4O6S/c1-14-24(21,22)16-12(19)17-7-10(11(17)18)15-13(20)23-8-9-5-3-2-4-6-9/h2-6,10,14H,7-8H2,1H3,(H,15,20)(H,16,19)/t10-/m0/s1. The molecule has 24 heavy (non-hydrogen) atoms. The van der Waals surface area contributed by atoms with E-state index < -0.39 is 34.3 Å². The molecule has 0 bridgehead atoms. The van der Waals surface area contributed by atoms with Gasteiger partial charge in [-0.1, -0.05) is 30.3 Å². The van der Waals surface area contributed by atoms with Crippen LogP contribution in [-0.2, 0) is 26.3 Å². The summed E-state index contributed by atoms with van der Waals surface area (Å²) in [7, 11) is -2.89. The molecule has 1 aromatic carbocycles. The van der Waals surface area contributed by atoms with Crippen molar-refractivity contribution in [2.45, 2.75) is 12.6 Å². The smallest absolute Gasteiger partial charge is 0.408 e. The Kier molecular flexibility index (Phi) is 5.36. The van der Waals surface area contributed by atoms with Gasteiger partial charge in [-0.3, -0.25) is 9.69 Å². The molecule has 0 saturated carbocycles. The van der Waals surface area contributed by atoms with Crippen molar-refractivity contribution in [1.29, 1.82) is 0 Å². The Bertz CT molecular complexity index is 736. The number of nitrogens with one attached hydrogen (secondary N) is 3.